The number of aliphatic hydroxyl groups excluding tert-OH is 2. The number of benzene rings is 1. The number of nitrogens with two attached hydrogens (primary N) is 1. The highest BCUT2D eigenvalue weighted by Gasteiger charge is 2.27. The summed E-state index contributed by atoms with van der Waals surface area (Å²) in [6.45, 7) is 3.39. The second-order valence-corrected chi connectivity index (χ2v) is 8.92. The second-order valence-electron chi connectivity index (χ2n) is 8.92. The molecule has 7 heteroatoms. The van der Waals surface area contributed by atoms with E-state index in [1.165, 1.54) is 0 Å². The molecule has 0 bridgehead atoms. The lowest BCUT2D eigenvalue weighted by Gasteiger charge is -2.24. The Morgan fingerprint density at radius 1 is 1.06 bits per heavy atom. The molecule has 2 aromatic heterocycles. The maximum Gasteiger partial charge on any atom is 0.150 e. The van der Waals surface area contributed by atoms with Crippen LogP contribution < -0.4 is 5.73 Å². The van der Waals surface area contributed by atoms with Crippen molar-refractivity contribution in [3.63, 3.8) is 0 Å². The predicted octanol–water partition coefficient (Wildman–Crippen LogP) is 3.16. The van der Waals surface area contributed by atoms with Crippen LogP contribution in [0.3, 0.4) is 0 Å². The van der Waals surface area contributed by atoms with Crippen LogP contribution in [0.25, 0.3) is 22.0 Å². The van der Waals surface area contributed by atoms with Gasteiger partial charge >= 0.3 is 0 Å². The van der Waals surface area contributed by atoms with Crippen LogP contribution in [0.5, 0.6) is 0 Å². The van der Waals surface area contributed by atoms with Gasteiger partial charge in [-0.2, -0.15) is 0 Å². The van der Waals surface area contributed by atoms with Crippen molar-refractivity contribution in [2.24, 2.45) is 10.9 Å². The minimum atomic E-state index is -0.817. The standard InChI is InChI=1S/C24H28N4O3/c1-24(2,31)9-14-6-18(13-30)27-22-20(7-14)19-4-3-16(8-21(19)28-23(22)25)17-5-15(12-29)10-26-11-17/h3-5,8,10-11,14,29-31H,6-7,9,12-13H2,1-2H3,(H2,25,28). The van der Waals surface area contributed by atoms with Gasteiger partial charge in [-0.1, -0.05) is 12.1 Å². The number of fused-ring (bicyclic) bond motifs is 3. The lowest BCUT2D eigenvalue weighted by molar-refractivity contribution is 0.0535. The Morgan fingerprint density at radius 3 is 2.58 bits per heavy atom. The van der Waals surface area contributed by atoms with Crippen molar-refractivity contribution in [2.75, 3.05) is 12.3 Å². The molecule has 0 amide bonds. The van der Waals surface area contributed by atoms with E-state index in [0.717, 1.165) is 33.2 Å². The van der Waals surface area contributed by atoms with E-state index < -0.39 is 5.60 Å². The lowest BCUT2D eigenvalue weighted by atomic mass is 9.84. The Balaban J connectivity index is 1.84. The smallest absolute Gasteiger partial charge is 0.150 e. The fourth-order valence-corrected chi connectivity index (χ4v) is 4.44. The third-order valence-corrected chi connectivity index (χ3v) is 5.66. The van der Waals surface area contributed by atoms with Crippen molar-refractivity contribution < 1.29 is 15.3 Å². The third-order valence-electron chi connectivity index (χ3n) is 5.66. The van der Waals surface area contributed by atoms with Crippen molar-refractivity contribution in [3.05, 3.63) is 47.8 Å². The molecule has 0 spiro atoms. The summed E-state index contributed by atoms with van der Waals surface area (Å²) >= 11 is 0. The van der Waals surface area contributed by atoms with Crippen molar-refractivity contribution in [2.45, 2.75) is 45.3 Å². The topological polar surface area (TPSA) is 125 Å². The zero-order valence-electron chi connectivity index (χ0n) is 17.8. The van der Waals surface area contributed by atoms with Gasteiger partial charge < -0.3 is 21.1 Å². The highest BCUT2D eigenvalue weighted by Crippen LogP contribution is 2.39. The summed E-state index contributed by atoms with van der Waals surface area (Å²) < 4.78 is 0. The summed E-state index contributed by atoms with van der Waals surface area (Å²) in [5.74, 6) is 0.457. The fourth-order valence-electron chi connectivity index (χ4n) is 4.44. The summed E-state index contributed by atoms with van der Waals surface area (Å²) in [4.78, 5) is 13.5. The first-order valence-electron chi connectivity index (χ1n) is 10.4. The van der Waals surface area contributed by atoms with E-state index in [-0.39, 0.29) is 19.1 Å². The van der Waals surface area contributed by atoms with Crippen molar-refractivity contribution in [1.29, 1.82) is 0 Å². The quantitative estimate of drug-likeness (QED) is 0.502. The summed E-state index contributed by atoms with van der Waals surface area (Å²) in [5, 5.41) is 30.5. The number of nitrogen functional groups attached to an aromatic ring is 1. The molecule has 0 fully saturated rings. The monoisotopic (exact) mass is 420 g/mol. The molecule has 1 atom stereocenters. The van der Waals surface area contributed by atoms with E-state index in [1.54, 1.807) is 26.2 Å². The highest BCUT2D eigenvalue weighted by atomic mass is 16.3. The largest absolute Gasteiger partial charge is 0.392 e. The molecule has 1 aromatic carbocycles. The van der Waals surface area contributed by atoms with Crippen molar-refractivity contribution in [1.82, 2.24) is 9.97 Å². The highest BCUT2D eigenvalue weighted by molar-refractivity contribution is 5.97. The number of pyridine rings is 2. The molecule has 1 aliphatic heterocycles. The molecule has 162 valence electrons. The Kier molecular flexibility index (Phi) is 5.75. The predicted molar refractivity (Wildman–Crippen MR) is 122 cm³/mol. The maximum absolute atomic E-state index is 10.4. The average Bonchev–Trinajstić information content (AvgIpc) is 2.92. The maximum atomic E-state index is 10.4. The van der Waals surface area contributed by atoms with Crippen LogP contribution in [0.4, 0.5) is 11.5 Å². The first-order chi connectivity index (χ1) is 14.8. The van der Waals surface area contributed by atoms with E-state index in [9.17, 15) is 15.3 Å². The van der Waals surface area contributed by atoms with E-state index in [0.29, 0.717) is 36.5 Å². The van der Waals surface area contributed by atoms with Crippen LogP contribution >= 0.6 is 0 Å². The van der Waals surface area contributed by atoms with E-state index in [4.69, 9.17) is 5.73 Å². The summed E-state index contributed by atoms with van der Waals surface area (Å²) in [5.41, 5.74) is 11.1. The van der Waals surface area contributed by atoms with Crippen molar-refractivity contribution in [3.8, 4) is 11.1 Å². The SMILES string of the molecule is CC(C)(O)CC1CC(CO)=Nc2c(N)nc3cc(-c4cncc(CO)c4)ccc3c2C1. The number of aromatic nitrogens is 2. The Labute approximate surface area is 181 Å². The van der Waals surface area contributed by atoms with Crippen LogP contribution in [0, 0.1) is 5.92 Å². The van der Waals surface area contributed by atoms with Gasteiger partial charge in [-0.3, -0.25) is 9.98 Å². The molecule has 0 saturated heterocycles. The van der Waals surface area contributed by atoms with Crippen LogP contribution in [0.15, 0.2) is 41.7 Å². The Morgan fingerprint density at radius 2 is 1.87 bits per heavy atom. The molecular weight excluding hydrogens is 392 g/mol. The minimum absolute atomic E-state index is 0.0685. The molecule has 3 aromatic rings. The number of aliphatic hydroxyl groups is 3. The van der Waals surface area contributed by atoms with Crippen LogP contribution in [0.2, 0.25) is 0 Å². The molecule has 4 rings (SSSR count). The average molecular weight is 421 g/mol. The molecule has 1 unspecified atom stereocenters. The Hall–Kier alpha value is -2.87. The van der Waals surface area contributed by atoms with Gasteiger partial charge in [-0.05, 0) is 67.9 Å². The van der Waals surface area contributed by atoms with Gasteiger partial charge in [0.2, 0.25) is 0 Å². The van der Waals surface area contributed by atoms with E-state index >= 15 is 0 Å². The van der Waals surface area contributed by atoms with Crippen LogP contribution in [-0.4, -0.2) is 43.2 Å². The molecular formula is C24H28N4O3. The number of hydrogen-bond donors (Lipinski definition) is 4. The summed E-state index contributed by atoms with van der Waals surface area (Å²) in [7, 11) is 0. The van der Waals surface area contributed by atoms with Crippen molar-refractivity contribution >= 4 is 28.1 Å². The van der Waals surface area contributed by atoms with Gasteiger partial charge in [-0.25, -0.2) is 4.98 Å². The second kappa shape index (κ2) is 8.34. The molecule has 3 heterocycles. The zero-order valence-corrected chi connectivity index (χ0v) is 17.8. The van der Waals surface area contributed by atoms with Gasteiger partial charge in [0, 0.05) is 29.1 Å². The normalized spacial score (nSPS) is 16.7. The Bertz CT molecular complexity index is 1150. The van der Waals surface area contributed by atoms with Gasteiger partial charge in [0.15, 0.2) is 0 Å². The van der Waals surface area contributed by atoms with E-state index in [1.807, 2.05) is 24.3 Å². The lowest BCUT2D eigenvalue weighted by Crippen LogP contribution is -2.26. The van der Waals surface area contributed by atoms with Crippen LogP contribution in [-0.2, 0) is 13.0 Å². The number of rotatable bonds is 5. The molecule has 0 saturated carbocycles. The number of anilines is 1. The van der Waals surface area contributed by atoms with Gasteiger partial charge in [0.25, 0.3) is 0 Å². The molecule has 0 radical (unpaired) electrons. The first kappa shape index (κ1) is 21.4. The number of aliphatic imine (C=N–C) groups is 1. The minimum Gasteiger partial charge on any atom is -0.392 e. The van der Waals surface area contributed by atoms with Gasteiger partial charge in [0.05, 0.1) is 24.3 Å². The first-order valence-corrected chi connectivity index (χ1v) is 10.4. The zero-order chi connectivity index (χ0) is 22.2. The molecule has 7 nitrogen and oxygen atoms in total. The van der Waals surface area contributed by atoms with Crippen LogP contribution in [0.1, 0.15) is 37.8 Å². The third kappa shape index (κ3) is 4.58. The molecule has 31 heavy (non-hydrogen) atoms. The van der Waals surface area contributed by atoms with Gasteiger partial charge in [-0.15, -0.1) is 0 Å². The summed E-state index contributed by atoms with van der Waals surface area (Å²) in [6.07, 6.45) is 5.28. The molecule has 0 aliphatic carbocycles. The fraction of sp³-hybridized carbons (Fsp3) is 0.375. The van der Waals surface area contributed by atoms with Gasteiger partial charge in [0.1, 0.15) is 11.5 Å². The number of nitrogens with zero attached hydrogens (tertiary/aromatic N) is 3. The molecule has 5 N–H and O–H groups in total. The van der Waals surface area contributed by atoms with E-state index in [2.05, 4.69) is 15.0 Å². The number of hydrogen-bond acceptors (Lipinski definition) is 7. The summed E-state index contributed by atoms with van der Waals surface area (Å²) in [6, 6.07) is 7.89. The molecule has 1 aliphatic rings.